The van der Waals surface area contributed by atoms with Gasteiger partial charge in [0.05, 0.1) is 5.56 Å². The van der Waals surface area contributed by atoms with Gasteiger partial charge in [0, 0.05) is 24.9 Å². The normalized spacial score (nSPS) is 13.1. The van der Waals surface area contributed by atoms with Gasteiger partial charge < -0.3 is 14.6 Å². The number of carbonyl (C=O) groups excluding carboxylic acids is 2. The second-order valence-corrected chi connectivity index (χ2v) is 9.49. The highest BCUT2D eigenvalue weighted by molar-refractivity contribution is 7.17. The Morgan fingerprint density at radius 2 is 1.94 bits per heavy atom. The van der Waals surface area contributed by atoms with Crippen LogP contribution in [0.2, 0.25) is 0 Å². The molecule has 0 saturated heterocycles. The molecule has 3 aromatic rings. The first-order chi connectivity index (χ1) is 16.3. The van der Waals surface area contributed by atoms with Gasteiger partial charge in [-0.15, -0.1) is 11.3 Å². The maximum atomic E-state index is 13.2. The van der Waals surface area contributed by atoms with Crippen molar-refractivity contribution in [1.29, 1.82) is 0 Å². The highest BCUT2D eigenvalue weighted by atomic mass is 32.1. The zero-order valence-electron chi connectivity index (χ0n) is 19.7. The maximum absolute atomic E-state index is 13.2. The minimum Gasteiger partial charge on any atom is -0.454 e. The van der Waals surface area contributed by atoms with Crippen LogP contribution in [0.15, 0.2) is 9.59 Å². The van der Waals surface area contributed by atoms with Gasteiger partial charge in [0.2, 0.25) is 5.91 Å². The molecule has 34 heavy (non-hydrogen) atoms. The molecule has 0 fully saturated rings. The molecule has 4 rings (SSSR count). The van der Waals surface area contributed by atoms with Crippen molar-refractivity contribution in [2.24, 2.45) is 0 Å². The molecule has 10 nitrogen and oxygen atoms in total. The van der Waals surface area contributed by atoms with Gasteiger partial charge in [-0.2, -0.15) is 0 Å². The van der Waals surface area contributed by atoms with Crippen LogP contribution in [0.25, 0.3) is 11.2 Å². The van der Waals surface area contributed by atoms with Gasteiger partial charge in [-0.25, -0.2) is 14.6 Å². The van der Waals surface area contributed by atoms with Crippen molar-refractivity contribution in [3.05, 3.63) is 42.7 Å². The number of aromatic amines is 1. The number of esters is 1. The lowest BCUT2D eigenvalue weighted by atomic mass is 9.95. The van der Waals surface area contributed by atoms with Gasteiger partial charge in [-0.1, -0.05) is 13.3 Å². The lowest BCUT2D eigenvalue weighted by molar-refractivity contribution is -0.114. The molecule has 1 amide bonds. The van der Waals surface area contributed by atoms with Crippen molar-refractivity contribution < 1.29 is 14.3 Å². The summed E-state index contributed by atoms with van der Waals surface area (Å²) >= 11 is 1.43. The van der Waals surface area contributed by atoms with Crippen molar-refractivity contribution in [1.82, 2.24) is 19.1 Å². The van der Waals surface area contributed by atoms with Gasteiger partial charge in [-0.05, 0) is 44.6 Å². The monoisotopic (exact) mass is 487 g/mol. The smallest absolute Gasteiger partial charge is 0.341 e. The fourth-order valence-electron chi connectivity index (χ4n) is 4.42. The van der Waals surface area contributed by atoms with E-state index >= 15 is 0 Å². The summed E-state index contributed by atoms with van der Waals surface area (Å²) in [4.78, 5) is 57.8. The average Bonchev–Trinajstić information content (AvgIpc) is 3.34. The van der Waals surface area contributed by atoms with E-state index in [9.17, 15) is 19.2 Å². The summed E-state index contributed by atoms with van der Waals surface area (Å²) in [5.74, 6) is -0.391. The van der Waals surface area contributed by atoms with Crippen LogP contribution < -0.4 is 16.6 Å². The third kappa shape index (κ3) is 4.44. The largest absolute Gasteiger partial charge is 0.454 e. The van der Waals surface area contributed by atoms with Gasteiger partial charge >= 0.3 is 11.7 Å². The summed E-state index contributed by atoms with van der Waals surface area (Å²) in [5.41, 5.74) is 0.920. The number of hydrogen-bond acceptors (Lipinski definition) is 7. The zero-order valence-corrected chi connectivity index (χ0v) is 20.5. The predicted octanol–water partition coefficient (Wildman–Crippen LogP) is 2.96. The van der Waals surface area contributed by atoms with E-state index in [2.05, 4.69) is 15.3 Å². The summed E-state index contributed by atoms with van der Waals surface area (Å²) in [6.45, 7) is 5.98. The number of ether oxygens (including phenoxy) is 1. The molecule has 0 aromatic carbocycles. The van der Waals surface area contributed by atoms with Crippen molar-refractivity contribution in [2.45, 2.75) is 79.0 Å². The van der Waals surface area contributed by atoms with Gasteiger partial charge in [0.1, 0.15) is 17.4 Å². The van der Waals surface area contributed by atoms with E-state index < -0.39 is 17.2 Å². The number of hydrogen-bond donors (Lipinski definition) is 2. The number of amides is 1. The fraction of sp³-hybridized carbons (Fsp3) is 0.522. The Morgan fingerprint density at radius 3 is 2.65 bits per heavy atom. The molecule has 1 aliphatic carbocycles. The first kappa shape index (κ1) is 23.9. The van der Waals surface area contributed by atoms with E-state index in [0.29, 0.717) is 35.1 Å². The SMILES string of the molecule is CCCCn1c(=O)[nH]c(=O)c2c1nc(COC(=O)c1c(NC(C)=O)sc3c1CCCC3)n2CC. The Bertz CT molecular complexity index is 1360. The summed E-state index contributed by atoms with van der Waals surface area (Å²) in [6, 6.07) is 0. The maximum Gasteiger partial charge on any atom is 0.341 e. The first-order valence-corrected chi connectivity index (χ1v) is 12.5. The highest BCUT2D eigenvalue weighted by Gasteiger charge is 2.28. The van der Waals surface area contributed by atoms with Crippen LogP contribution in [-0.2, 0) is 42.1 Å². The number of nitrogens with one attached hydrogen (secondary N) is 2. The van der Waals surface area contributed by atoms with E-state index in [4.69, 9.17) is 4.74 Å². The van der Waals surface area contributed by atoms with Crippen molar-refractivity contribution in [2.75, 3.05) is 5.32 Å². The second-order valence-electron chi connectivity index (χ2n) is 8.38. The predicted molar refractivity (Wildman–Crippen MR) is 130 cm³/mol. The van der Waals surface area contributed by atoms with Crippen LogP contribution in [0.1, 0.15) is 73.1 Å². The van der Waals surface area contributed by atoms with Crippen molar-refractivity contribution in [3.63, 3.8) is 0 Å². The van der Waals surface area contributed by atoms with Crippen LogP contribution in [0.3, 0.4) is 0 Å². The third-order valence-corrected chi connectivity index (χ3v) is 7.22. The Balaban J connectivity index is 1.68. The quantitative estimate of drug-likeness (QED) is 0.470. The molecule has 182 valence electrons. The molecule has 2 N–H and O–H groups in total. The van der Waals surface area contributed by atoms with Crippen LogP contribution in [-0.4, -0.2) is 31.0 Å². The molecular formula is C23H29N5O5S. The number of aryl methyl sites for hydroxylation is 3. The number of H-pyrrole nitrogens is 1. The molecule has 0 saturated carbocycles. The van der Waals surface area contributed by atoms with E-state index in [1.807, 2.05) is 13.8 Å². The topological polar surface area (TPSA) is 128 Å². The summed E-state index contributed by atoms with van der Waals surface area (Å²) < 4.78 is 8.79. The molecule has 0 radical (unpaired) electrons. The Kier molecular flexibility index (Phi) is 7.01. The number of imidazole rings is 1. The lowest BCUT2D eigenvalue weighted by Gasteiger charge is -2.13. The number of aromatic nitrogens is 4. The second kappa shape index (κ2) is 9.96. The molecule has 0 spiro atoms. The summed E-state index contributed by atoms with van der Waals surface area (Å²) in [6.07, 6.45) is 5.32. The summed E-state index contributed by atoms with van der Waals surface area (Å²) in [7, 11) is 0. The molecule has 0 atom stereocenters. The molecule has 3 aromatic heterocycles. The highest BCUT2D eigenvalue weighted by Crippen LogP contribution is 2.38. The van der Waals surface area contributed by atoms with Crippen molar-refractivity contribution >= 4 is 39.4 Å². The molecule has 1 aliphatic rings. The number of anilines is 1. The molecule has 0 unspecified atom stereocenters. The van der Waals surface area contributed by atoms with Crippen LogP contribution in [0, 0.1) is 0 Å². The molecule has 3 heterocycles. The number of fused-ring (bicyclic) bond motifs is 2. The average molecular weight is 488 g/mol. The van der Waals surface area contributed by atoms with Crippen LogP contribution in [0.4, 0.5) is 5.00 Å². The summed E-state index contributed by atoms with van der Waals surface area (Å²) in [5, 5.41) is 3.28. The van der Waals surface area contributed by atoms with E-state index in [0.717, 1.165) is 49.0 Å². The minimum atomic E-state index is -0.532. The number of carbonyl (C=O) groups is 2. The minimum absolute atomic E-state index is 0.160. The van der Waals surface area contributed by atoms with Gasteiger partial charge in [-0.3, -0.25) is 19.1 Å². The Morgan fingerprint density at radius 1 is 1.18 bits per heavy atom. The molecule has 0 aliphatic heterocycles. The van der Waals surface area contributed by atoms with Crippen LogP contribution in [0.5, 0.6) is 0 Å². The van der Waals surface area contributed by atoms with Gasteiger partial charge in [0.25, 0.3) is 5.56 Å². The van der Waals surface area contributed by atoms with Gasteiger partial charge in [0.15, 0.2) is 11.2 Å². The first-order valence-electron chi connectivity index (χ1n) is 11.7. The Labute approximate surface area is 200 Å². The van der Waals surface area contributed by atoms with E-state index in [1.54, 1.807) is 4.57 Å². The number of unbranched alkanes of at least 4 members (excludes halogenated alkanes) is 1. The standard InChI is InChI=1S/C23H29N5O5S/c1-4-6-11-28-19-18(20(30)26-23(28)32)27(5-2)16(25-19)12-33-22(31)17-14-9-7-8-10-15(14)34-21(17)24-13(3)29/h4-12H2,1-3H3,(H,24,29)(H,26,30,32). The van der Waals surface area contributed by atoms with E-state index in [-0.39, 0.29) is 18.0 Å². The fourth-order valence-corrected chi connectivity index (χ4v) is 5.75. The third-order valence-electron chi connectivity index (χ3n) is 6.01. The van der Waals surface area contributed by atoms with Crippen molar-refractivity contribution in [3.8, 4) is 0 Å². The molecule has 0 bridgehead atoms. The van der Waals surface area contributed by atoms with E-state index in [1.165, 1.54) is 22.8 Å². The molecular weight excluding hydrogens is 458 g/mol. The van der Waals surface area contributed by atoms with Crippen LogP contribution >= 0.6 is 11.3 Å². The number of rotatable bonds is 8. The Hall–Kier alpha value is -3.21. The molecule has 11 heteroatoms. The number of nitrogens with zero attached hydrogens (tertiary/aromatic N) is 3. The number of thiophene rings is 1. The zero-order chi connectivity index (χ0) is 24.4. The lowest BCUT2D eigenvalue weighted by Crippen LogP contribution is -2.31.